The van der Waals surface area contributed by atoms with Crippen molar-refractivity contribution in [3.63, 3.8) is 0 Å². The highest BCUT2D eigenvalue weighted by atomic mass is 14.8. The highest BCUT2D eigenvalue weighted by molar-refractivity contribution is 5.26. The van der Waals surface area contributed by atoms with Crippen LogP contribution in [0.15, 0.2) is 0 Å². The Morgan fingerprint density at radius 2 is 2.18 bits per heavy atom. The average Bonchev–Trinajstić information content (AvgIpc) is 2.85. The van der Waals surface area contributed by atoms with Gasteiger partial charge in [0.1, 0.15) is 0 Å². The molecule has 4 atom stereocenters. The Labute approximate surface area is 70.4 Å². The first kappa shape index (κ1) is 7.64. The summed E-state index contributed by atoms with van der Waals surface area (Å²) in [6.07, 6.45) is 5.89. The Bertz CT molecular complexity index is 161. The summed E-state index contributed by atoms with van der Waals surface area (Å²) in [5.41, 5.74) is 0.894. The van der Waals surface area contributed by atoms with Crippen LogP contribution in [0.3, 0.4) is 0 Å². The predicted octanol–water partition coefficient (Wildman–Crippen LogP) is 3.47. The molecule has 2 rings (SSSR count). The van der Waals surface area contributed by atoms with Crippen LogP contribution in [0.2, 0.25) is 0 Å². The molecular formula is C11H20. The summed E-state index contributed by atoms with van der Waals surface area (Å²) < 4.78 is 0. The Morgan fingerprint density at radius 1 is 1.45 bits per heavy atom. The van der Waals surface area contributed by atoms with Gasteiger partial charge in [0.2, 0.25) is 0 Å². The van der Waals surface area contributed by atoms with Crippen LogP contribution in [0.5, 0.6) is 0 Å². The summed E-state index contributed by atoms with van der Waals surface area (Å²) in [6.45, 7) is 7.12. The zero-order valence-corrected chi connectivity index (χ0v) is 8.06. The van der Waals surface area contributed by atoms with Crippen LogP contribution in [0.4, 0.5) is 0 Å². The molecule has 0 heterocycles. The van der Waals surface area contributed by atoms with E-state index in [-0.39, 0.29) is 0 Å². The second kappa shape index (κ2) is 2.24. The molecule has 0 bridgehead atoms. The predicted molar refractivity (Wildman–Crippen MR) is 48.4 cm³/mol. The molecule has 0 saturated heterocycles. The van der Waals surface area contributed by atoms with Crippen LogP contribution in [-0.4, -0.2) is 0 Å². The van der Waals surface area contributed by atoms with Crippen molar-refractivity contribution in [2.24, 2.45) is 23.2 Å². The number of fused-ring (bicyclic) bond motifs is 1. The average molecular weight is 152 g/mol. The maximum atomic E-state index is 2.45. The van der Waals surface area contributed by atoms with E-state index in [1.165, 1.54) is 25.2 Å². The summed E-state index contributed by atoms with van der Waals surface area (Å²) >= 11 is 0. The lowest BCUT2D eigenvalue weighted by molar-refractivity contribution is 0.331. The van der Waals surface area contributed by atoms with E-state index < -0.39 is 0 Å². The first-order valence-electron chi connectivity index (χ1n) is 5.27. The van der Waals surface area contributed by atoms with Gasteiger partial charge in [-0.2, -0.15) is 0 Å². The second-order valence-corrected chi connectivity index (χ2v) is 4.63. The fourth-order valence-electron chi connectivity index (χ4n) is 3.18. The number of rotatable bonds is 4. The third-order valence-corrected chi connectivity index (χ3v) is 4.30. The molecule has 2 saturated carbocycles. The van der Waals surface area contributed by atoms with Gasteiger partial charge < -0.3 is 0 Å². The van der Waals surface area contributed by atoms with Crippen molar-refractivity contribution in [3.8, 4) is 0 Å². The van der Waals surface area contributed by atoms with E-state index in [0.717, 1.165) is 17.3 Å². The van der Waals surface area contributed by atoms with Gasteiger partial charge in [0, 0.05) is 0 Å². The first-order chi connectivity index (χ1) is 5.27. The summed E-state index contributed by atoms with van der Waals surface area (Å²) in [4.78, 5) is 0. The molecular weight excluding hydrogens is 132 g/mol. The van der Waals surface area contributed by atoms with Gasteiger partial charge in [0.05, 0.1) is 0 Å². The smallest absolute Gasteiger partial charge is 0.0206 e. The molecule has 0 nitrogen and oxygen atoms in total. The molecule has 2 aliphatic carbocycles. The summed E-state index contributed by atoms with van der Waals surface area (Å²) in [6, 6.07) is 0. The van der Waals surface area contributed by atoms with Crippen molar-refractivity contribution in [1.29, 1.82) is 0 Å². The third-order valence-electron chi connectivity index (χ3n) is 4.30. The molecule has 0 aromatic heterocycles. The number of hydrogen-bond donors (Lipinski definition) is 0. The van der Waals surface area contributed by atoms with Crippen molar-refractivity contribution in [1.82, 2.24) is 0 Å². The lowest BCUT2D eigenvalue weighted by Gasteiger charge is -2.16. The Balaban J connectivity index is 1.87. The molecule has 0 amide bonds. The molecule has 2 aliphatic rings. The van der Waals surface area contributed by atoms with Gasteiger partial charge in [-0.3, -0.25) is 0 Å². The van der Waals surface area contributed by atoms with Crippen LogP contribution in [0.1, 0.15) is 46.5 Å². The lowest BCUT2D eigenvalue weighted by atomic mass is 9.89. The summed E-state index contributed by atoms with van der Waals surface area (Å²) in [7, 11) is 0. The highest BCUT2D eigenvalue weighted by Crippen LogP contribution is 2.84. The fraction of sp³-hybridized carbons (Fsp3) is 1.00. The molecule has 0 aromatic carbocycles. The van der Waals surface area contributed by atoms with Crippen molar-refractivity contribution in [2.45, 2.75) is 46.5 Å². The van der Waals surface area contributed by atoms with E-state index in [1.54, 1.807) is 6.42 Å². The van der Waals surface area contributed by atoms with Crippen LogP contribution in [0, 0.1) is 23.2 Å². The normalized spacial score (nSPS) is 48.3. The van der Waals surface area contributed by atoms with Crippen LogP contribution < -0.4 is 0 Å². The third kappa shape index (κ3) is 0.816. The van der Waals surface area contributed by atoms with Gasteiger partial charge in [0.25, 0.3) is 0 Å². The SMILES string of the molecule is CCCC1C2CC12C(C)CC. The quantitative estimate of drug-likeness (QED) is 0.578. The largest absolute Gasteiger partial charge is 0.0654 e. The Kier molecular flexibility index (Phi) is 1.56. The van der Waals surface area contributed by atoms with Gasteiger partial charge in [-0.25, -0.2) is 0 Å². The van der Waals surface area contributed by atoms with Gasteiger partial charge in [-0.15, -0.1) is 0 Å². The van der Waals surface area contributed by atoms with Crippen molar-refractivity contribution < 1.29 is 0 Å². The van der Waals surface area contributed by atoms with Gasteiger partial charge in [-0.05, 0) is 36.0 Å². The summed E-state index contributed by atoms with van der Waals surface area (Å²) in [5, 5.41) is 0. The van der Waals surface area contributed by atoms with Gasteiger partial charge in [0.15, 0.2) is 0 Å². The Hall–Kier alpha value is 0. The fourth-order valence-corrected chi connectivity index (χ4v) is 3.18. The van der Waals surface area contributed by atoms with Crippen LogP contribution in [-0.2, 0) is 0 Å². The molecule has 0 aromatic rings. The first-order valence-corrected chi connectivity index (χ1v) is 5.27. The molecule has 4 unspecified atom stereocenters. The summed E-state index contributed by atoms with van der Waals surface area (Å²) in [5.74, 6) is 3.35. The van der Waals surface area contributed by atoms with E-state index in [9.17, 15) is 0 Å². The minimum Gasteiger partial charge on any atom is -0.0654 e. The minimum absolute atomic E-state index is 0.894. The molecule has 0 aliphatic heterocycles. The highest BCUT2D eigenvalue weighted by Gasteiger charge is 2.78. The van der Waals surface area contributed by atoms with E-state index in [1.807, 2.05) is 0 Å². The Morgan fingerprint density at radius 3 is 2.64 bits per heavy atom. The number of hydrogen-bond acceptors (Lipinski definition) is 0. The molecule has 11 heavy (non-hydrogen) atoms. The van der Waals surface area contributed by atoms with Gasteiger partial charge >= 0.3 is 0 Å². The van der Waals surface area contributed by atoms with E-state index in [2.05, 4.69) is 20.8 Å². The van der Waals surface area contributed by atoms with Crippen molar-refractivity contribution in [3.05, 3.63) is 0 Å². The van der Waals surface area contributed by atoms with E-state index in [4.69, 9.17) is 0 Å². The van der Waals surface area contributed by atoms with E-state index >= 15 is 0 Å². The monoisotopic (exact) mass is 152 g/mol. The second-order valence-electron chi connectivity index (χ2n) is 4.63. The van der Waals surface area contributed by atoms with Crippen LogP contribution in [0.25, 0.3) is 0 Å². The zero-order valence-electron chi connectivity index (χ0n) is 8.06. The zero-order chi connectivity index (χ0) is 8.06. The maximum absolute atomic E-state index is 2.45. The van der Waals surface area contributed by atoms with Crippen LogP contribution >= 0.6 is 0 Å². The molecule has 0 spiro atoms. The minimum atomic E-state index is 0.894. The van der Waals surface area contributed by atoms with Crippen molar-refractivity contribution >= 4 is 0 Å². The molecule has 2 fully saturated rings. The molecule has 0 N–H and O–H groups in total. The molecule has 64 valence electrons. The topological polar surface area (TPSA) is 0 Å². The van der Waals surface area contributed by atoms with E-state index in [0.29, 0.717) is 0 Å². The lowest BCUT2D eigenvalue weighted by Crippen LogP contribution is -2.08. The van der Waals surface area contributed by atoms with Gasteiger partial charge in [-0.1, -0.05) is 33.6 Å². The standard InChI is InChI=1S/C11H20/c1-4-6-9-10-7-11(9,10)8(3)5-2/h8-10H,4-7H2,1-3H3. The maximum Gasteiger partial charge on any atom is -0.0206 e. The van der Waals surface area contributed by atoms with Crippen molar-refractivity contribution in [2.75, 3.05) is 0 Å². The molecule has 0 radical (unpaired) electrons. The molecule has 0 heteroatoms.